The number of amides is 2. The highest BCUT2D eigenvalue weighted by Crippen LogP contribution is 2.29. The summed E-state index contributed by atoms with van der Waals surface area (Å²) in [5.74, 6) is -0.572. The van der Waals surface area contributed by atoms with Crippen molar-refractivity contribution in [3.63, 3.8) is 0 Å². The van der Waals surface area contributed by atoms with Gasteiger partial charge in [0.15, 0.2) is 5.11 Å². The fraction of sp³-hybridized carbons (Fsp3) is 0.267. The second-order valence-corrected chi connectivity index (χ2v) is 7.46. The molecule has 0 saturated carbocycles. The number of carbonyl (C=O) groups is 2. The van der Waals surface area contributed by atoms with Crippen LogP contribution in [0.3, 0.4) is 0 Å². The maximum atomic E-state index is 12.5. The summed E-state index contributed by atoms with van der Waals surface area (Å²) in [6.45, 7) is 4.45. The molecule has 1 saturated heterocycles. The molecule has 1 aromatic rings. The fourth-order valence-corrected chi connectivity index (χ4v) is 4.46. The molecule has 1 aliphatic rings. The van der Waals surface area contributed by atoms with Crippen LogP contribution in [0.4, 0.5) is 0 Å². The molecule has 1 N–H and O–H groups in total. The third-order valence-corrected chi connectivity index (χ3v) is 5.48. The third-order valence-electron chi connectivity index (χ3n) is 3.40. The van der Waals surface area contributed by atoms with Crippen LogP contribution in [0.25, 0.3) is 6.08 Å². The minimum Gasteiger partial charge on any atom is -0.506 e. The Kier molecular flexibility index (Phi) is 6.00. The monoisotopic (exact) mass is 556 g/mol. The average molecular weight is 556 g/mol. The van der Waals surface area contributed by atoms with Gasteiger partial charge in [0.2, 0.25) is 0 Å². The van der Waals surface area contributed by atoms with Crippen LogP contribution < -0.4 is 0 Å². The first-order valence-electron chi connectivity index (χ1n) is 6.89. The average Bonchev–Trinajstić information content (AvgIpc) is 2.50. The molecular formula is C15H14I2N2O3S. The van der Waals surface area contributed by atoms with E-state index in [4.69, 9.17) is 12.2 Å². The van der Waals surface area contributed by atoms with Crippen LogP contribution in [-0.2, 0) is 9.59 Å². The minimum absolute atomic E-state index is 0.0830. The number of thiocarbonyl (C=S) groups is 1. The number of likely N-dealkylation sites (N-methyl/N-ethyl adjacent to an activating group) is 2. The molecule has 0 bridgehead atoms. The molecule has 1 aromatic carbocycles. The van der Waals surface area contributed by atoms with Gasteiger partial charge in [-0.15, -0.1) is 0 Å². The molecule has 0 unspecified atom stereocenters. The van der Waals surface area contributed by atoms with E-state index in [1.54, 1.807) is 18.2 Å². The Morgan fingerprint density at radius 1 is 1.09 bits per heavy atom. The number of halogens is 2. The molecule has 0 aromatic heterocycles. The molecule has 2 amide bonds. The first kappa shape index (κ1) is 18.6. The molecule has 0 radical (unpaired) electrons. The smallest absolute Gasteiger partial charge is 0.265 e. The zero-order valence-electron chi connectivity index (χ0n) is 12.5. The van der Waals surface area contributed by atoms with Gasteiger partial charge in [-0.1, -0.05) is 0 Å². The van der Waals surface area contributed by atoms with Crippen LogP contribution in [0.5, 0.6) is 5.75 Å². The molecule has 1 fully saturated rings. The van der Waals surface area contributed by atoms with Crippen LogP contribution >= 0.6 is 57.4 Å². The van der Waals surface area contributed by atoms with Gasteiger partial charge >= 0.3 is 0 Å². The summed E-state index contributed by atoms with van der Waals surface area (Å²) < 4.78 is 1.32. The summed E-state index contributed by atoms with van der Waals surface area (Å²) in [4.78, 5) is 27.9. The van der Waals surface area contributed by atoms with Crippen LogP contribution in [0.2, 0.25) is 0 Å². The fourth-order valence-electron chi connectivity index (χ4n) is 2.22. The Balaban J connectivity index is 2.53. The lowest BCUT2D eigenvalue weighted by atomic mass is 10.1. The van der Waals surface area contributed by atoms with E-state index < -0.39 is 0 Å². The number of phenolic OH excluding ortho intramolecular Hbond substituents is 1. The number of carbonyl (C=O) groups excluding carboxylic acids is 2. The standard InChI is InChI=1S/C15H14I2N2O3S/c1-3-18-13(21)9(14(22)19(4-2)15(18)23)5-8-6-10(16)12(20)11(17)7-8/h5-7,20H,3-4H2,1-2H3. The highest BCUT2D eigenvalue weighted by atomic mass is 127. The van der Waals surface area contributed by atoms with Gasteiger partial charge in [-0.25, -0.2) is 0 Å². The second-order valence-electron chi connectivity index (χ2n) is 4.77. The van der Waals surface area contributed by atoms with E-state index in [1.165, 1.54) is 9.80 Å². The van der Waals surface area contributed by atoms with Crippen molar-refractivity contribution < 1.29 is 14.7 Å². The Morgan fingerprint density at radius 2 is 1.52 bits per heavy atom. The van der Waals surface area contributed by atoms with Crippen molar-refractivity contribution in [3.8, 4) is 5.75 Å². The molecule has 0 aliphatic carbocycles. The van der Waals surface area contributed by atoms with Crippen LogP contribution in [-0.4, -0.2) is 44.9 Å². The molecule has 5 nitrogen and oxygen atoms in total. The predicted molar refractivity (Wildman–Crippen MR) is 109 cm³/mol. The van der Waals surface area contributed by atoms with Crippen molar-refractivity contribution in [3.05, 3.63) is 30.4 Å². The molecule has 1 heterocycles. The zero-order valence-corrected chi connectivity index (χ0v) is 17.6. The number of rotatable bonds is 3. The van der Waals surface area contributed by atoms with Crippen LogP contribution in [0.15, 0.2) is 17.7 Å². The SMILES string of the molecule is CCN1C(=O)C(=Cc2cc(I)c(O)c(I)c2)C(=O)N(CC)C1=S. The van der Waals surface area contributed by atoms with E-state index in [0.717, 1.165) is 0 Å². The zero-order chi connectivity index (χ0) is 17.3. The summed E-state index contributed by atoms with van der Waals surface area (Å²) in [5.41, 5.74) is 0.771. The topological polar surface area (TPSA) is 60.9 Å². The first-order chi connectivity index (χ1) is 10.8. The summed E-state index contributed by atoms with van der Waals surface area (Å²) >= 11 is 9.25. The van der Waals surface area contributed by atoms with Gasteiger partial charge in [-0.2, -0.15) is 0 Å². The van der Waals surface area contributed by atoms with E-state index in [0.29, 0.717) is 25.8 Å². The van der Waals surface area contributed by atoms with Crippen LogP contribution in [0.1, 0.15) is 19.4 Å². The third kappa shape index (κ3) is 3.53. The Hall–Kier alpha value is -0.750. The van der Waals surface area contributed by atoms with E-state index >= 15 is 0 Å². The summed E-state index contributed by atoms with van der Waals surface area (Å²) in [6.07, 6.45) is 1.56. The number of phenols is 1. The van der Waals surface area contributed by atoms with Crippen LogP contribution in [0, 0.1) is 7.14 Å². The lowest BCUT2D eigenvalue weighted by Gasteiger charge is -2.35. The van der Waals surface area contributed by atoms with E-state index in [-0.39, 0.29) is 28.2 Å². The van der Waals surface area contributed by atoms with E-state index in [2.05, 4.69) is 0 Å². The molecule has 2 rings (SSSR count). The van der Waals surface area contributed by atoms with Gasteiger partial charge < -0.3 is 5.11 Å². The minimum atomic E-state index is -0.384. The molecule has 122 valence electrons. The largest absolute Gasteiger partial charge is 0.506 e. The van der Waals surface area contributed by atoms with Gasteiger partial charge in [0, 0.05) is 13.1 Å². The second kappa shape index (κ2) is 7.43. The van der Waals surface area contributed by atoms with Crippen molar-refractivity contribution in [1.82, 2.24) is 9.80 Å². The van der Waals surface area contributed by atoms with Crippen molar-refractivity contribution in [2.75, 3.05) is 13.1 Å². The first-order valence-corrected chi connectivity index (χ1v) is 9.45. The van der Waals surface area contributed by atoms with Crippen molar-refractivity contribution in [2.45, 2.75) is 13.8 Å². The highest BCUT2D eigenvalue weighted by Gasteiger charge is 2.37. The van der Waals surface area contributed by atoms with Crippen molar-refractivity contribution in [2.24, 2.45) is 0 Å². The van der Waals surface area contributed by atoms with Gasteiger partial charge in [0.1, 0.15) is 11.3 Å². The number of aromatic hydroxyl groups is 1. The maximum Gasteiger partial charge on any atom is 0.265 e. The summed E-state index contributed by atoms with van der Waals surface area (Å²) in [5, 5.41) is 10.1. The summed E-state index contributed by atoms with van der Waals surface area (Å²) in [7, 11) is 0. The lowest BCUT2D eigenvalue weighted by Crippen LogP contribution is -2.55. The number of hydrogen-bond donors (Lipinski definition) is 1. The molecular weight excluding hydrogens is 542 g/mol. The Bertz CT molecular complexity index is 682. The van der Waals surface area contributed by atoms with Crippen molar-refractivity contribution >= 4 is 80.4 Å². The normalized spacial score (nSPS) is 15.5. The van der Waals surface area contributed by atoms with Gasteiger partial charge in [-0.3, -0.25) is 19.4 Å². The van der Waals surface area contributed by atoms with E-state index in [1.807, 2.05) is 59.0 Å². The maximum absolute atomic E-state index is 12.5. The molecule has 23 heavy (non-hydrogen) atoms. The number of benzene rings is 1. The van der Waals surface area contributed by atoms with E-state index in [9.17, 15) is 14.7 Å². The molecule has 1 aliphatic heterocycles. The predicted octanol–water partition coefficient (Wildman–Crippen LogP) is 2.98. The molecule has 0 atom stereocenters. The van der Waals surface area contributed by atoms with Gasteiger partial charge in [0.25, 0.3) is 11.8 Å². The highest BCUT2D eigenvalue weighted by molar-refractivity contribution is 14.1. The van der Waals surface area contributed by atoms with Crippen molar-refractivity contribution in [1.29, 1.82) is 0 Å². The Labute approximate surface area is 167 Å². The summed E-state index contributed by atoms with van der Waals surface area (Å²) in [6, 6.07) is 3.45. The van der Waals surface area contributed by atoms with Gasteiger partial charge in [0.05, 0.1) is 7.14 Å². The lowest BCUT2D eigenvalue weighted by molar-refractivity contribution is -0.133. The molecule has 0 spiro atoms. The molecule has 8 heteroatoms. The van der Waals surface area contributed by atoms with Gasteiger partial charge in [-0.05, 0) is 95.0 Å². The number of nitrogens with zero attached hydrogens (tertiary/aromatic N) is 2. The Morgan fingerprint density at radius 3 is 1.91 bits per heavy atom. The number of hydrogen-bond acceptors (Lipinski definition) is 4. The quantitative estimate of drug-likeness (QED) is 0.270.